The summed E-state index contributed by atoms with van der Waals surface area (Å²) >= 11 is 0. The van der Waals surface area contributed by atoms with E-state index in [1.54, 1.807) is 36.7 Å². The van der Waals surface area contributed by atoms with Gasteiger partial charge in [0.25, 0.3) is 0 Å². The molecule has 0 saturated heterocycles. The summed E-state index contributed by atoms with van der Waals surface area (Å²) in [7, 11) is 0. The highest BCUT2D eigenvalue weighted by Gasteiger charge is 2.53. The van der Waals surface area contributed by atoms with Crippen molar-refractivity contribution < 1.29 is 14.5 Å². The molecule has 23 heavy (non-hydrogen) atoms. The van der Waals surface area contributed by atoms with E-state index in [9.17, 15) is 14.9 Å². The fourth-order valence-electron chi connectivity index (χ4n) is 2.21. The minimum atomic E-state index is -0.756. The Morgan fingerprint density at radius 2 is 2.13 bits per heavy atom. The number of aromatic nitrogens is 2. The number of benzene rings is 1. The van der Waals surface area contributed by atoms with Crippen molar-refractivity contribution in [2.45, 2.75) is 19.4 Å². The van der Waals surface area contributed by atoms with Gasteiger partial charge >= 0.3 is 6.01 Å². The van der Waals surface area contributed by atoms with Gasteiger partial charge in [-0.25, -0.2) is 9.97 Å². The molecule has 0 radical (unpaired) electrons. The van der Waals surface area contributed by atoms with Gasteiger partial charge in [0, 0.05) is 29.4 Å². The van der Waals surface area contributed by atoms with Crippen LogP contribution in [0, 0.1) is 23.0 Å². The zero-order chi connectivity index (χ0) is 16.4. The highest BCUT2D eigenvalue weighted by Crippen LogP contribution is 2.34. The molecule has 2 aromatic rings. The van der Waals surface area contributed by atoms with Gasteiger partial charge < -0.3 is 10.1 Å². The van der Waals surface area contributed by atoms with Gasteiger partial charge in [0.05, 0.1) is 0 Å². The predicted octanol–water partition coefficient (Wildman–Crippen LogP) is 2.18. The first kappa shape index (κ1) is 14.9. The van der Waals surface area contributed by atoms with E-state index in [0.29, 0.717) is 17.9 Å². The quantitative estimate of drug-likeness (QED) is 0.669. The van der Waals surface area contributed by atoms with Gasteiger partial charge in [-0.15, -0.1) is 0 Å². The third-order valence-electron chi connectivity index (χ3n) is 3.57. The minimum Gasteiger partial charge on any atom is -0.424 e. The van der Waals surface area contributed by atoms with Gasteiger partial charge in [-0.3, -0.25) is 14.9 Å². The van der Waals surface area contributed by atoms with E-state index in [-0.39, 0.29) is 11.9 Å². The molecule has 1 heterocycles. The number of nitrogens with one attached hydrogen (secondary N) is 1. The summed E-state index contributed by atoms with van der Waals surface area (Å²) < 4.78 is 5.50. The average molecular weight is 314 g/mol. The number of carbonyl (C=O) groups is 1. The first-order valence-corrected chi connectivity index (χ1v) is 7.04. The number of nitrogens with zero attached hydrogens (tertiary/aromatic N) is 3. The molecule has 0 bridgehead atoms. The standard InChI is InChI=1S/C15H14N4O4/c1-9-7-10(23-15-16-5-2-6-17-15)3-4-12(9)18-14(20)11-8-13(11)19(21)22/h2-7,11,13H,8H2,1H3,(H,18,20)/t11-,13+/m1/s1. The molecule has 1 aromatic carbocycles. The molecular weight excluding hydrogens is 300 g/mol. The van der Waals surface area contributed by atoms with Crippen LogP contribution in [0.25, 0.3) is 0 Å². The maximum Gasteiger partial charge on any atom is 0.321 e. The van der Waals surface area contributed by atoms with Crippen LogP contribution in [0.3, 0.4) is 0 Å². The third kappa shape index (κ3) is 3.42. The monoisotopic (exact) mass is 314 g/mol. The molecule has 118 valence electrons. The molecule has 1 aliphatic rings. The molecule has 3 rings (SSSR count). The molecule has 8 nitrogen and oxygen atoms in total. The summed E-state index contributed by atoms with van der Waals surface area (Å²) in [5, 5.41) is 13.3. The van der Waals surface area contributed by atoms with Crippen LogP contribution in [0.4, 0.5) is 5.69 Å². The van der Waals surface area contributed by atoms with Crippen molar-refractivity contribution in [2.75, 3.05) is 5.32 Å². The average Bonchev–Trinajstić information content (AvgIpc) is 3.32. The van der Waals surface area contributed by atoms with Gasteiger partial charge in [-0.2, -0.15) is 0 Å². The molecule has 0 unspecified atom stereocenters. The second-order valence-corrected chi connectivity index (χ2v) is 5.29. The van der Waals surface area contributed by atoms with E-state index in [4.69, 9.17) is 4.74 Å². The summed E-state index contributed by atoms with van der Waals surface area (Å²) in [6, 6.07) is 6.27. The number of hydrogen-bond donors (Lipinski definition) is 1. The molecule has 0 aliphatic heterocycles. The van der Waals surface area contributed by atoms with Gasteiger partial charge in [0.15, 0.2) is 0 Å². The van der Waals surface area contributed by atoms with Crippen LogP contribution in [0.15, 0.2) is 36.7 Å². The zero-order valence-electron chi connectivity index (χ0n) is 12.3. The van der Waals surface area contributed by atoms with Gasteiger partial charge in [0.2, 0.25) is 11.9 Å². The Balaban J connectivity index is 1.66. The van der Waals surface area contributed by atoms with Gasteiger partial charge in [0.1, 0.15) is 11.7 Å². The number of aryl methyl sites for hydroxylation is 1. The largest absolute Gasteiger partial charge is 0.424 e. The summed E-state index contributed by atoms with van der Waals surface area (Å²) in [5.74, 6) is -0.325. The highest BCUT2D eigenvalue weighted by atomic mass is 16.6. The lowest BCUT2D eigenvalue weighted by atomic mass is 10.2. The number of hydrogen-bond acceptors (Lipinski definition) is 6. The fourth-order valence-corrected chi connectivity index (χ4v) is 2.21. The number of ether oxygens (including phenoxy) is 1. The van der Waals surface area contributed by atoms with Crippen molar-refractivity contribution in [1.29, 1.82) is 0 Å². The van der Waals surface area contributed by atoms with Crippen LogP contribution in [-0.4, -0.2) is 26.8 Å². The minimum absolute atomic E-state index is 0.232. The molecule has 1 aliphatic carbocycles. The maximum atomic E-state index is 12.0. The van der Waals surface area contributed by atoms with Crippen molar-refractivity contribution in [3.05, 3.63) is 52.3 Å². The van der Waals surface area contributed by atoms with Gasteiger partial charge in [-0.1, -0.05) is 0 Å². The summed E-state index contributed by atoms with van der Waals surface area (Å²) in [4.78, 5) is 30.1. The van der Waals surface area contributed by atoms with Crippen molar-refractivity contribution >= 4 is 11.6 Å². The lowest BCUT2D eigenvalue weighted by molar-refractivity contribution is -0.497. The first-order chi connectivity index (χ1) is 11.0. The Morgan fingerprint density at radius 3 is 2.74 bits per heavy atom. The number of nitro groups is 1. The number of carbonyl (C=O) groups excluding carboxylic acids is 1. The lowest BCUT2D eigenvalue weighted by Gasteiger charge is -2.10. The van der Waals surface area contributed by atoms with E-state index < -0.39 is 16.9 Å². The predicted molar refractivity (Wildman–Crippen MR) is 80.8 cm³/mol. The molecule has 2 atom stereocenters. The van der Waals surface area contributed by atoms with Crippen LogP contribution in [0.2, 0.25) is 0 Å². The molecule has 8 heteroatoms. The highest BCUT2D eigenvalue weighted by molar-refractivity contribution is 5.95. The van der Waals surface area contributed by atoms with Crippen LogP contribution in [0.5, 0.6) is 11.8 Å². The fraction of sp³-hybridized carbons (Fsp3) is 0.267. The SMILES string of the molecule is Cc1cc(Oc2ncccn2)ccc1NC(=O)[C@@H]1C[C@@H]1[N+](=O)[O-]. The van der Waals surface area contributed by atoms with E-state index in [0.717, 1.165) is 5.56 Å². The Labute approximate surface area is 131 Å². The molecule has 1 aromatic heterocycles. The third-order valence-corrected chi connectivity index (χ3v) is 3.57. The van der Waals surface area contributed by atoms with E-state index in [1.165, 1.54) is 0 Å². The normalized spacial score (nSPS) is 19.0. The van der Waals surface area contributed by atoms with E-state index in [2.05, 4.69) is 15.3 Å². The molecule has 1 fully saturated rings. The Hall–Kier alpha value is -3.03. The van der Waals surface area contributed by atoms with Crippen LogP contribution in [0.1, 0.15) is 12.0 Å². The summed E-state index contributed by atoms with van der Waals surface area (Å²) in [6.07, 6.45) is 3.45. The molecular formula is C15H14N4O4. The number of anilines is 1. The van der Waals surface area contributed by atoms with Crippen molar-refractivity contribution in [1.82, 2.24) is 9.97 Å². The van der Waals surface area contributed by atoms with Crippen LogP contribution >= 0.6 is 0 Å². The van der Waals surface area contributed by atoms with Crippen molar-refractivity contribution in [3.8, 4) is 11.8 Å². The second-order valence-electron chi connectivity index (χ2n) is 5.29. The van der Waals surface area contributed by atoms with Gasteiger partial charge in [-0.05, 0) is 36.8 Å². The molecule has 1 N–H and O–H groups in total. The smallest absolute Gasteiger partial charge is 0.321 e. The molecule has 1 saturated carbocycles. The molecule has 0 spiro atoms. The number of rotatable bonds is 5. The lowest BCUT2D eigenvalue weighted by Crippen LogP contribution is -2.19. The van der Waals surface area contributed by atoms with Crippen molar-refractivity contribution in [2.24, 2.45) is 5.92 Å². The summed E-state index contributed by atoms with van der Waals surface area (Å²) in [6.45, 7) is 1.81. The molecule has 1 amide bonds. The van der Waals surface area contributed by atoms with E-state index in [1.807, 2.05) is 6.92 Å². The Bertz CT molecular complexity index is 750. The Kier molecular flexibility index (Phi) is 3.88. The summed E-state index contributed by atoms with van der Waals surface area (Å²) in [5.41, 5.74) is 1.38. The Morgan fingerprint density at radius 1 is 1.39 bits per heavy atom. The number of amides is 1. The van der Waals surface area contributed by atoms with E-state index >= 15 is 0 Å². The van der Waals surface area contributed by atoms with Crippen LogP contribution < -0.4 is 10.1 Å². The van der Waals surface area contributed by atoms with Crippen LogP contribution in [-0.2, 0) is 4.79 Å². The second kappa shape index (κ2) is 5.99. The van der Waals surface area contributed by atoms with Crippen molar-refractivity contribution in [3.63, 3.8) is 0 Å². The zero-order valence-corrected chi connectivity index (χ0v) is 12.3. The topological polar surface area (TPSA) is 107 Å². The first-order valence-electron chi connectivity index (χ1n) is 7.04. The maximum absolute atomic E-state index is 12.0.